The molecule has 1 aliphatic rings. The molecule has 0 fully saturated rings. The van der Waals surface area contributed by atoms with Crippen LogP contribution in [0.15, 0.2) is 75.5 Å². The summed E-state index contributed by atoms with van der Waals surface area (Å²) in [6.07, 6.45) is 10.9. The van der Waals surface area contributed by atoms with Crippen molar-refractivity contribution >= 4 is 16.7 Å². The first-order chi connectivity index (χ1) is 10.1. The average Bonchev–Trinajstić information content (AvgIpc) is 2.96. The molecule has 0 saturated carbocycles. The van der Waals surface area contributed by atoms with Gasteiger partial charge in [-0.3, -0.25) is 0 Å². The molecule has 0 radical (unpaired) electrons. The molecule has 0 bridgehead atoms. The van der Waals surface area contributed by atoms with Crippen LogP contribution in [0.1, 0.15) is 5.56 Å². The maximum atomic E-state index is 11.6. The predicted octanol–water partition coefficient (Wildman–Crippen LogP) is 3.45. The van der Waals surface area contributed by atoms with Crippen molar-refractivity contribution in [2.75, 3.05) is 0 Å². The molecule has 3 rings (SSSR count). The maximum Gasteiger partial charge on any atom is 0.336 e. The van der Waals surface area contributed by atoms with E-state index in [1.54, 1.807) is 12.1 Å². The molecule has 0 spiro atoms. The van der Waals surface area contributed by atoms with Crippen molar-refractivity contribution in [1.82, 2.24) is 0 Å². The summed E-state index contributed by atoms with van der Waals surface area (Å²) in [5.41, 5.74) is 0.956. The fourth-order valence-electron chi connectivity index (χ4n) is 2.13. The van der Waals surface area contributed by atoms with Crippen LogP contribution < -0.4 is 5.63 Å². The Morgan fingerprint density at radius 1 is 1.14 bits per heavy atom. The highest BCUT2D eigenvalue weighted by atomic mass is 16.4. The number of hydrogen-bond donors (Lipinski definition) is 2. The van der Waals surface area contributed by atoms with E-state index < -0.39 is 5.63 Å². The summed E-state index contributed by atoms with van der Waals surface area (Å²) in [5.74, 6) is -0.0468. The van der Waals surface area contributed by atoms with Crippen molar-refractivity contribution in [2.45, 2.75) is 0 Å². The molecular weight excluding hydrogens is 268 g/mol. The predicted molar refractivity (Wildman–Crippen MR) is 81.1 cm³/mol. The van der Waals surface area contributed by atoms with Crippen molar-refractivity contribution in [3.63, 3.8) is 0 Å². The molecule has 104 valence electrons. The van der Waals surface area contributed by atoms with E-state index >= 15 is 0 Å². The summed E-state index contributed by atoms with van der Waals surface area (Å²) in [6.45, 7) is 0. The van der Waals surface area contributed by atoms with Gasteiger partial charge in [0.25, 0.3) is 0 Å². The van der Waals surface area contributed by atoms with Gasteiger partial charge in [-0.15, -0.1) is 0 Å². The van der Waals surface area contributed by atoms with Crippen LogP contribution in [-0.4, -0.2) is 10.2 Å². The molecule has 2 N–H and O–H groups in total. The number of hydrogen-bond acceptors (Lipinski definition) is 4. The van der Waals surface area contributed by atoms with Gasteiger partial charge < -0.3 is 14.6 Å². The number of phenols is 1. The topological polar surface area (TPSA) is 70.7 Å². The molecule has 0 unspecified atom stereocenters. The van der Waals surface area contributed by atoms with Gasteiger partial charge in [0.05, 0.1) is 0 Å². The number of aliphatic hydroxyl groups is 1. The normalized spacial score (nSPS) is 14.1. The van der Waals surface area contributed by atoms with E-state index in [4.69, 9.17) is 4.42 Å². The Morgan fingerprint density at radius 3 is 2.67 bits per heavy atom. The second-order valence-electron chi connectivity index (χ2n) is 4.60. The second-order valence-corrected chi connectivity index (χ2v) is 4.60. The van der Waals surface area contributed by atoms with Gasteiger partial charge in [0.1, 0.15) is 17.1 Å². The summed E-state index contributed by atoms with van der Waals surface area (Å²) in [7, 11) is 0. The molecule has 0 atom stereocenters. The van der Waals surface area contributed by atoms with Gasteiger partial charge in [0.2, 0.25) is 0 Å². The van der Waals surface area contributed by atoms with Crippen LogP contribution in [0.5, 0.6) is 5.75 Å². The van der Waals surface area contributed by atoms with E-state index in [1.807, 2.05) is 24.3 Å². The monoisotopic (exact) mass is 280 g/mol. The zero-order valence-corrected chi connectivity index (χ0v) is 11.0. The molecule has 21 heavy (non-hydrogen) atoms. The van der Waals surface area contributed by atoms with Crippen LogP contribution in [0.25, 0.3) is 16.7 Å². The Hall–Kier alpha value is -3.01. The molecule has 1 aromatic heterocycles. The number of phenolic OH excluding ortho intramolecular Hbond substituents is 1. The highest BCUT2D eigenvalue weighted by Crippen LogP contribution is 2.25. The smallest absolute Gasteiger partial charge is 0.336 e. The molecule has 1 aliphatic carbocycles. The van der Waals surface area contributed by atoms with Crippen molar-refractivity contribution in [2.24, 2.45) is 0 Å². The molecule has 0 aliphatic heterocycles. The van der Waals surface area contributed by atoms with Crippen LogP contribution in [-0.2, 0) is 0 Å². The zero-order valence-electron chi connectivity index (χ0n) is 11.0. The molecule has 0 saturated heterocycles. The SMILES string of the molecule is O=c1cc(C(O)=CC=C2C=CC=C2)c2ccc(O)cc2o1. The molecule has 1 aromatic carbocycles. The molecule has 4 nitrogen and oxygen atoms in total. The highest BCUT2D eigenvalue weighted by molar-refractivity contribution is 5.89. The van der Waals surface area contributed by atoms with E-state index in [-0.39, 0.29) is 17.1 Å². The molecular formula is C17H12O4. The Morgan fingerprint density at radius 2 is 1.90 bits per heavy atom. The Labute approximate surface area is 120 Å². The zero-order chi connectivity index (χ0) is 14.8. The largest absolute Gasteiger partial charge is 0.508 e. The Bertz CT molecular complexity index is 865. The minimum absolute atomic E-state index is 0.00498. The molecule has 0 amide bonds. The third-order valence-corrected chi connectivity index (χ3v) is 3.13. The van der Waals surface area contributed by atoms with E-state index in [9.17, 15) is 15.0 Å². The fraction of sp³-hybridized carbons (Fsp3) is 0. The number of aliphatic hydroxyl groups excluding tert-OH is 1. The van der Waals surface area contributed by atoms with Crippen LogP contribution in [0.4, 0.5) is 0 Å². The van der Waals surface area contributed by atoms with Gasteiger partial charge in [0, 0.05) is 23.1 Å². The second kappa shape index (κ2) is 5.17. The minimum atomic E-state index is -0.587. The molecule has 1 heterocycles. The van der Waals surface area contributed by atoms with Crippen molar-refractivity contribution in [3.05, 3.63) is 82.3 Å². The van der Waals surface area contributed by atoms with E-state index in [2.05, 4.69) is 0 Å². The van der Waals surface area contributed by atoms with Crippen molar-refractivity contribution in [3.8, 4) is 5.75 Å². The summed E-state index contributed by atoms with van der Waals surface area (Å²) in [4.78, 5) is 11.6. The third-order valence-electron chi connectivity index (χ3n) is 3.13. The van der Waals surface area contributed by atoms with Gasteiger partial charge in [-0.1, -0.05) is 30.4 Å². The lowest BCUT2D eigenvalue weighted by atomic mass is 10.1. The van der Waals surface area contributed by atoms with Gasteiger partial charge in [-0.25, -0.2) is 4.79 Å². The van der Waals surface area contributed by atoms with E-state index in [0.717, 1.165) is 5.57 Å². The van der Waals surface area contributed by atoms with Crippen molar-refractivity contribution in [1.29, 1.82) is 0 Å². The van der Waals surface area contributed by atoms with E-state index in [1.165, 1.54) is 24.3 Å². The average molecular weight is 280 g/mol. The lowest BCUT2D eigenvalue weighted by molar-refractivity contribution is 0.472. The van der Waals surface area contributed by atoms with Crippen LogP contribution in [0, 0.1) is 0 Å². The first-order valence-electron chi connectivity index (χ1n) is 6.36. The number of fused-ring (bicyclic) bond motifs is 1. The Kier molecular flexibility index (Phi) is 3.20. The molecule has 4 heteroatoms. The fourth-order valence-corrected chi connectivity index (χ4v) is 2.13. The first kappa shape index (κ1) is 13.0. The van der Waals surface area contributed by atoms with Crippen LogP contribution in [0.3, 0.4) is 0 Å². The summed E-state index contributed by atoms with van der Waals surface area (Å²) in [5, 5.41) is 20.2. The number of aromatic hydroxyl groups is 1. The standard InChI is InChI=1S/C17H12O4/c18-12-6-7-13-14(10-17(20)21-16(13)9-12)15(19)8-5-11-3-1-2-4-11/h1-10,18-19H. The summed E-state index contributed by atoms with van der Waals surface area (Å²) < 4.78 is 5.02. The molecule has 2 aromatic rings. The van der Waals surface area contributed by atoms with Gasteiger partial charge in [0.15, 0.2) is 0 Å². The number of allylic oxidation sites excluding steroid dienone is 7. The van der Waals surface area contributed by atoms with Crippen LogP contribution in [0.2, 0.25) is 0 Å². The lowest BCUT2D eigenvalue weighted by Gasteiger charge is -2.04. The maximum absolute atomic E-state index is 11.6. The van der Waals surface area contributed by atoms with Gasteiger partial charge in [-0.2, -0.15) is 0 Å². The lowest BCUT2D eigenvalue weighted by Crippen LogP contribution is -2.00. The number of rotatable bonds is 2. The van der Waals surface area contributed by atoms with Gasteiger partial charge >= 0.3 is 5.63 Å². The van der Waals surface area contributed by atoms with Crippen molar-refractivity contribution < 1.29 is 14.6 Å². The first-order valence-corrected chi connectivity index (χ1v) is 6.36. The quantitative estimate of drug-likeness (QED) is 0.653. The van der Waals surface area contributed by atoms with Crippen LogP contribution >= 0.6 is 0 Å². The Balaban J connectivity index is 2.13. The number of benzene rings is 1. The van der Waals surface area contributed by atoms with E-state index in [0.29, 0.717) is 10.9 Å². The van der Waals surface area contributed by atoms with Gasteiger partial charge in [-0.05, 0) is 23.8 Å². The summed E-state index contributed by atoms with van der Waals surface area (Å²) in [6, 6.07) is 5.63. The minimum Gasteiger partial charge on any atom is -0.508 e. The highest BCUT2D eigenvalue weighted by Gasteiger charge is 2.09. The third kappa shape index (κ3) is 2.65. The summed E-state index contributed by atoms with van der Waals surface area (Å²) >= 11 is 0.